The normalized spacial score (nSPS) is 19.0. The first-order chi connectivity index (χ1) is 14.6. The molecule has 1 saturated heterocycles. The maximum atomic E-state index is 13.7. The molecule has 170 valence electrons. The Hall–Kier alpha value is -2.39. The average molecular weight is 438 g/mol. The summed E-state index contributed by atoms with van der Waals surface area (Å²) in [5.41, 5.74) is -2.37. The molecule has 1 aromatic carbocycles. The van der Waals surface area contributed by atoms with Gasteiger partial charge in [0.05, 0.1) is 12.5 Å². The van der Waals surface area contributed by atoms with Crippen LogP contribution < -0.4 is 5.32 Å². The van der Waals surface area contributed by atoms with Crippen molar-refractivity contribution in [3.05, 3.63) is 54.1 Å². The average Bonchev–Trinajstić information content (AvgIpc) is 3.16. The van der Waals surface area contributed by atoms with Gasteiger partial charge in [0.2, 0.25) is 11.5 Å². The number of nitrogens with one attached hydrogen (secondary N) is 1. The summed E-state index contributed by atoms with van der Waals surface area (Å²) in [5.74, 6) is -0.865. The Balaban J connectivity index is 1.73. The van der Waals surface area contributed by atoms with Crippen LogP contribution in [0.25, 0.3) is 0 Å². The zero-order valence-electron chi connectivity index (χ0n) is 17.8. The van der Waals surface area contributed by atoms with E-state index >= 15 is 0 Å². The molecule has 9 heteroatoms. The lowest BCUT2D eigenvalue weighted by atomic mass is 9.95. The van der Waals surface area contributed by atoms with Crippen molar-refractivity contribution in [2.24, 2.45) is 13.0 Å². The quantitative estimate of drug-likeness (QED) is 0.697. The lowest BCUT2D eigenvalue weighted by Crippen LogP contribution is -2.49. The molecule has 6 nitrogen and oxygen atoms in total. The number of halogens is 3. The number of imidazole rings is 1. The largest absolute Gasteiger partial charge is 0.425 e. The molecule has 1 amide bonds. The molecule has 2 N–H and O–H groups in total. The maximum absolute atomic E-state index is 13.7. The van der Waals surface area contributed by atoms with Gasteiger partial charge in [0, 0.05) is 26.0 Å². The highest BCUT2D eigenvalue weighted by molar-refractivity contribution is 5.77. The maximum Gasteiger partial charge on any atom is 0.425 e. The number of amides is 1. The number of likely N-dealkylation sites (tertiary alicyclic amines) is 1. The number of carbonyl (C=O) groups is 1. The van der Waals surface area contributed by atoms with E-state index in [4.69, 9.17) is 0 Å². The molecule has 1 fully saturated rings. The van der Waals surface area contributed by atoms with Crippen molar-refractivity contribution < 1.29 is 23.1 Å². The van der Waals surface area contributed by atoms with E-state index in [1.54, 1.807) is 0 Å². The van der Waals surface area contributed by atoms with Crippen molar-refractivity contribution in [1.29, 1.82) is 0 Å². The van der Waals surface area contributed by atoms with Crippen LogP contribution in [0.15, 0.2) is 42.7 Å². The van der Waals surface area contributed by atoms with Crippen LogP contribution >= 0.6 is 0 Å². The van der Waals surface area contributed by atoms with E-state index in [1.807, 2.05) is 30.3 Å². The first-order valence-corrected chi connectivity index (χ1v) is 10.4. The Morgan fingerprint density at radius 3 is 2.45 bits per heavy atom. The van der Waals surface area contributed by atoms with Crippen LogP contribution in [-0.2, 0) is 17.4 Å². The third-order valence-corrected chi connectivity index (χ3v) is 6.01. The second-order valence-electron chi connectivity index (χ2n) is 8.35. The van der Waals surface area contributed by atoms with Crippen molar-refractivity contribution in [3.8, 4) is 0 Å². The number of nitrogens with zero attached hydrogens (tertiary/aromatic N) is 3. The number of alkyl halides is 3. The molecular weight excluding hydrogens is 409 g/mol. The Morgan fingerprint density at radius 2 is 1.90 bits per heavy atom. The van der Waals surface area contributed by atoms with Gasteiger partial charge in [-0.05, 0) is 37.4 Å². The second-order valence-corrected chi connectivity index (χ2v) is 8.35. The number of hydrogen-bond acceptors (Lipinski definition) is 4. The number of hydrogen-bond donors (Lipinski definition) is 2. The zero-order valence-corrected chi connectivity index (χ0v) is 17.8. The standard InChI is InChI=1S/C22H29F3N4O2/c1-16-8-11-29(12-9-16)18(17-6-4-3-5-7-17)15-27-19(30)14-21(31,22(23,24)25)20-26-10-13-28(20)2/h3-7,10,13,16,18,31H,8-9,11-12,14-15H2,1-2H3,(H,27,30). The van der Waals surface area contributed by atoms with E-state index in [2.05, 4.69) is 22.1 Å². The number of aromatic nitrogens is 2. The number of aryl methyl sites for hydroxylation is 1. The number of aliphatic hydroxyl groups is 1. The van der Waals surface area contributed by atoms with Gasteiger partial charge in [0.1, 0.15) is 0 Å². The molecule has 0 bridgehead atoms. The minimum Gasteiger partial charge on any atom is -0.374 e. The molecular formula is C22H29F3N4O2. The lowest BCUT2D eigenvalue weighted by molar-refractivity contribution is -0.271. The fourth-order valence-electron chi connectivity index (χ4n) is 4.05. The summed E-state index contributed by atoms with van der Waals surface area (Å²) in [7, 11) is 1.35. The van der Waals surface area contributed by atoms with Gasteiger partial charge < -0.3 is 15.0 Å². The predicted octanol–water partition coefficient (Wildman–Crippen LogP) is 3.15. The molecule has 0 radical (unpaired) electrons. The van der Waals surface area contributed by atoms with Gasteiger partial charge in [-0.1, -0.05) is 37.3 Å². The molecule has 3 rings (SSSR count). The molecule has 2 atom stereocenters. The molecule has 2 heterocycles. The highest BCUT2D eigenvalue weighted by Gasteiger charge is 2.58. The molecule has 2 unspecified atom stereocenters. The van der Waals surface area contributed by atoms with Crippen LogP contribution in [0.1, 0.15) is 43.6 Å². The Bertz CT molecular complexity index is 863. The number of rotatable bonds is 7. The van der Waals surface area contributed by atoms with Gasteiger partial charge in [0.25, 0.3) is 0 Å². The highest BCUT2D eigenvalue weighted by Crippen LogP contribution is 2.40. The minimum atomic E-state index is -5.05. The van der Waals surface area contributed by atoms with E-state index in [9.17, 15) is 23.1 Å². The summed E-state index contributed by atoms with van der Waals surface area (Å²) >= 11 is 0. The molecule has 0 saturated carbocycles. The highest BCUT2D eigenvalue weighted by atomic mass is 19.4. The van der Waals surface area contributed by atoms with Crippen molar-refractivity contribution in [2.45, 2.75) is 44.0 Å². The number of piperidine rings is 1. The molecule has 1 aliphatic heterocycles. The van der Waals surface area contributed by atoms with Crippen LogP contribution in [0.3, 0.4) is 0 Å². The first-order valence-electron chi connectivity index (χ1n) is 10.4. The summed E-state index contributed by atoms with van der Waals surface area (Å²) in [5, 5.41) is 13.1. The Kier molecular flexibility index (Phi) is 7.06. The first kappa shape index (κ1) is 23.3. The van der Waals surface area contributed by atoms with Gasteiger partial charge >= 0.3 is 6.18 Å². The third kappa shape index (κ3) is 5.27. The van der Waals surface area contributed by atoms with Crippen LogP contribution in [0, 0.1) is 5.92 Å². The van der Waals surface area contributed by atoms with Crippen molar-refractivity contribution in [3.63, 3.8) is 0 Å². The summed E-state index contributed by atoms with van der Waals surface area (Å²) in [6, 6.07) is 9.46. The summed E-state index contributed by atoms with van der Waals surface area (Å²) < 4.78 is 42.2. The van der Waals surface area contributed by atoms with Gasteiger partial charge in [-0.3, -0.25) is 9.69 Å². The van der Waals surface area contributed by atoms with Gasteiger partial charge in [-0.15, -0.1) is 0 Å². The summed E-state index contributed by atoms with van der Waals surface area (Å²) in [6.45, 7) is 4.07. The monoisotopic (exact) mass is 438 g/mol. The molecule has 0 aliphatic carbocycles. The second kappa shape index (κ2) is 9.40. The van der Waals surface area contributed by atoms with E-state index in [0.717, 1.165) is 42.3 Å². The lowest BCUT2D eigenvalue weighted by Gasteiger charge is -2.37. The fraction of sp³-hybridized carbons (Fsp3) is 0.545. The van der Waals surface area contributed by atoms with Crippen LogP contribution in [-0.4, -0.2) is 51.3 Å². The molecule has 31 heavy (non-hydrogen) atoms. The summed E-state index contributed by atoms with van der Waals surface area (Å²) in [6.07, 6.45) is -1.68. The number of carbonyl (C=O) groups excluding carboxylic acids is 1. The van der Waals surface area contributed by atoms with Crippen molar-refractivity contribution in [2.75, 3.05) is 19.6 Å². The van der Waals surface area contributed by atoms with E-state index < -0.39 is 29.9 Å². The van der Waals surface area contributed by atoms with Crippen molar-refractivity contribution >= 4 is 5.91 Å². The van der Waals surface area contributed by atoms with E-state index in [1.165, 1.54) is 13.2 Å². The Morgan fingerprint density at radius 1 is 1.26 bits per heavy atom. The van der Waals surface area contributed by atoms with Crippen LogP contribution in [0.4, 0.5) is 13.2 Å². The van der Waals surface area contributed by atoms with E-state index in [-0.39, 0.29) is 12.6 Å². The fourth-order valence-corrected chi connectivity index (χ4v) is 4.05. The van der Waals surface area contributed by atoms with Gasteiger partial charge in [-0.2, -0.15) is 13.2 Å². The molecule has 1 aliphatic rings. The van der Waals surface area contributed by atoms with Crippen LogP contribution in [0.5, 0.6) is 0 Å². The van der Waals surface area contributed by atoms with Crippen LogP contribution in [0.2, 0.25) is 0 Å². The van der Waals surface area contributed by atoms with Crippen molar-refractivity contribution in [1.82, 2.24) is 19.8 Å². The SMILES string of the molecule is CC1CCN(C(CNC(=O)CC(O)(c2nccn2C)C(F)(F)F)c2ccccc2)CC1. The van der Waals surface area contributed by atoms with E-state index in [0.29, 0.717) is 5.92 Å². The third-order valence-electron chi connectivity index (χ3n) is 6.01. The van der Waals surface area contributed by atoms with Gasteiger partial charge in [0.15, 0.2) is 5.82 Å². The molecule has 1 aromatic heterocycles. The molecule has 0 spiro atoms. The minimum absolute atomic E-state index is 0.148. The summed E-state index contributed by atoms with van der Waals surface area (Å²) in [4.78, 5) is 18.4. The van der Waals surface area contributed by atoms with Gasteiger partial charge in [-0.25, -0.2) is 4.98 Å². The molecule has 2 aromatic rings. The number of benzene rings is 1. The Labute approximate surface area is 180 Å². The predicted molar refractivity (Wildman–Crippen MR) is 110 cm³/mol. The smallest absolute Gasteiger partial charge is 0.374 e. The topological polar surface area (TPSA) is 70.4 Å². The zero-order chi connectivity index (χ0) is 22.6.